The number of nitrogens with one attached hydrogen (secondary N) is 1. The highest BCUT2D eigenvalue weighted by atomic mass is 32.1. The van der Waals surface area contributed by atoms with Gasteiger partial charge in [0, 0.05) is 43.2 Å². The van der Waals surface area contributed by atoms with Crippen LogP contribution in [0.25, 0.3) is 31.9 Å². The predicted octanol–water partition coefficient (Wildman–Crippen LogP) is 3.72. The molecule has 0 aliphatic carbocycles. The summed E-state index contributed by atoms with van der Waals surface area (Å²) in [6.45, 7) is 2.51. The molecule has 0 unspecified atom stereocenters. The van der Waals surface area contributed by atoms with E-state index in [-0.39, 0.29) is 18.0 Å². The number of fused-ring (bicyclic) bond motifs is 1. The van der Waals surface area contributed by atoms with E-state index in [4.69, 9.17) is 10.7 Å². The van der Waals surface area contributed by atoms with Crippen molar-refractivity contribution in [3.8, 4) is 21.7 Å². The molecule has 2 aliphatic heterocycles. The van der Waals surface area contributed by atoms with Gasteiger partial charge in [-0.1, -0.05) is 12.1 Å². The number of nitrogens with zero attached hydrogens (tertiary/aromatic N) is 5. The molecule has 3 N–H and O–H groups in total. The fourth-order valence-electron chi connectivity index (χ4n) is 4.92. The molecular formula is C25H27N7OS. The van der Waals surface area contributed by atoms with Crippen molar-refractivity contribution in [2.75, 3.05) is 25.4 Å². The highest BCUT2D eigenvalue weighted by Crippen LogP contribution is 2.35. The number of carbonyl (C=O) groups is 1. The Morgan fingerprint density at radius 1 is 1.12 bits per heavy atom. The van der Waals surface area contributed by atoms with Gasteiger partial charge < -0.3 is 16.0 Å². The molecule has 1 aromatic carbocycles. The molecular weight excluding hydrogens is 446 g/mol. The zero-order valence-electron chi connectivity index (χ0n) is 18.9. The Hall–Kier alpha value is -3.30. The summed E-state index contributed by atoms with van der Waals surface area (Å²) < 4.78 is 3.09. The zero-order chi connectivity index (χ0) is 23.1. The Kier molecular flexibility index (Phi) is 5.50. The van der Waals surface area contributed by atoms with Crippen LogP contribution in [0, 0.1) is 0 Å². The molecule has 0 radical (unpaired) electrons. The topological polar surface area (TPSA) is 102 Å². The Morgan fingerprint density at radius 2 is 1.97 bits per heavy atom. The number of likely N-dealkylation sites (tertiary alicyclic amines) is 1. The number of nitrogen functional groups attached to an aromatic ring is 1. The standard InChI is InChI=1S/C25H27N7OS/c26-23-19(24-30-20-6-2-3-7-22(20)34-24)10-16(12-28-23)17-13-29-32(15-17)18-11-21(27-14-18)25(33)31-8-4-1-5-9-31/h2-3,6-7,10,12-13,15,18,21,27H,1,4-5,8-9,11,14H2,(H2,26,28)/t18-,21-/m0/s1. The number of thiazole rings is 1. The van der Waals surface area contributed by atoms with Gasteiger partial charge in [0.1, 0.15) is 10.8 Å². The normalized spacial score (nSPS) is 20.8. The Morgan fingerprint density at radius 3 is 2.82 bits per heavy atom. The van der Waals surface area contributed by atoms with Gasteiger partial charge in [-0.25, -0.2) is 9.97 Å². The summed E-state index contributed by atoms with van der Waals surface area (Å²) in [5.74, 6) is 0.701. The van der Waals surface area contributed by atoms with Crippen molar-refractivity contribution in [3.63, 3.8) is 0 Å². The van der Waals surface area contributed by atoms with Crippen molar-refractivity contribution < 1.29 is 4.79 Å². The van der Waals surface area contributed by atoms with E-state index >= 15 is 0 Å². The molecule has 4 aromatic rings. The van der Waals surface area contributed by atoms with E-state index < -0.39 is 0 Å². The molecule has 6 rings (SSSR count). The number of nitrogens with two attached hydrogens (primary N) is 1. The second-order valence-electron chi connectivity index (χ2n) is 9.09. The van der Waals surface area contributed by atoms with E-state index in [0.29, 0.717) is 5.82 Å². The van der Waals surface area contributed by atoms with Crippen LogP contribution in [-0.4, -0.2) is 56.2 Å². The first-order valence-corrected chi connectivity index (χ1v) is 12.7. The van der Waals surface area contributed by atoms with Gasteiger partial charge in [-0.2, -0.15) is 5.10 Å². The third-order valence-electron chi connectivity index (χ3n) is 6.83. The second-order valence-corrected chi connectivity index (χ2v) is 10.1. The molecule has 2 fully saturated rings. The average Bonchev–Trinajstić information content (AvgIpc) is 3.63. The quantitative estimate of drug-likeness (QED) is 0.468. The van der Waals surface area contributed by atoms with E-state index in [1.54, 1.807) is 17.5 Å². The smallest absolute Gasteiger partial charge is 0.239 e. The molecule has 2 atom stereocenters. The summed E-state index contributed by atoms with van der Waals surface area (Å²) in [4.78, 5) is 24.1. The molecule has 8 nitrogen and oxygen atoms in total. The summed E-state index contributed by atoms with van der Waals surface area (Å²) in [5.41, 5.74) is 9.94. The number of para-hydroxylation sites is 1. The van der Waals surface area contributed by atoms with E-state index in [1.807, 2.05) is 46.2 Å². The molecule has 1 amide bonds. The molecule has 0 saturated carbocycles. The highest BCUT2D eigenvalue weighted by Gasteiger charge is 2.34. The van der Waals surface area contributed by atoms with Crippen LogP contribution in [0.15, 0.2) is 48.9 Å². The number of hydrogen-bond donors (Lipinski definition) is 2. The summed E-state index contributed by atoms with van der Waals surface area (Å²) in [6.07, 6.45) is 9.88. The van der Waals surface area contributed by atoms with Gasteiger partial charge in [0.15, 0.2) is 0 Å². The number of aromatic nitrogens is 4. The summed E-state index contributed by atoms with van der Waals surface area (Å²) in [7, 11) is 0. The van der Waals surface area contributed by atoms with Gasteiger partial charge >= 0.3 is 0 Å². The van der Waals surface area contributed by atoms with Crippen molar-refractivity contribution in [3.05, 3.63) is 48.9 Å². The maximum Gasteiger partial charge on any atom is 0.239 e. The lowest BCUT2D eigenvalue weighted by atomic mass is 10.1. The van der Waals surface area contributed by atoms with Crippen molar-refractivity contribution in [1.82, 2.24) is 30.0 Å². The first-order valence-electron chi connectivity index (χ1n) is 11.8. The van der Waals surface area contributed by atoms with Gasteiger partial charge in [-0.05, 0) is 43.9 Å². The lowest BCUT2D eigenvalue weighted by Gasteiger charge is -2.29. The van der Waals surface area contributed by atoms with Crippen LogP contribution in [0.1, 0.15) is 31.7 Å². The monoisotopic (exact) mass is 473 g/mol. The zero-order valence-corrected chi connectivity index (χ0v) is 19.7. The van der Waals surface area contributed by atoms with Crippen LogP contribution in [0.2, 0.25) is 0 Å². The number of anilines is 1. The summed E-state index contributed by atoms with van der Waals surface area (Å²) in [6, 6.07) is 10.1. The third kappa shape index (κ3) is 3.95. The number of amides is 1. The number of benzene rings is 1. The van der Waals surface area contributed by atoms with E-state index in [0.717, 1.165) is 70.8 Å². The van der Waals surface area contributed by atoms with Crippen molar-refractivity contribution in [2.45, 2.75) is 37.8 Å². The molecule has 5 heterocycles. The Balaban J connectivity index is 1.21. The molecule has 0 bridgehead atoms. The number of piperidine rings is 1. The van der Waals surface area contributed by atoms with Crippen LogP contribution < -0.4 is 11.1 Å². The van der Waals surface area contributed by atoms with Crippen LogP contribution in [0.4, 0.5) is 5.82 Å². The third-order valence-corrected chi connectivity index (χ3v) is 7.89. The minimum atomic E-state index is -0.125. The van der Waals surface area contributed by atoms with Gasteiger partial charge in [0.2, 0.25) is 5.91 Å². The minimum Gasteiger partial charge on any atom is -0.383 e. The molecule has 3 aromatic heterocycles. The van der Waals surface area contributed by atoms with Crippen molar-refractivity contribution in [2.24, 2.45) is 0 Å². The largest absolute Gasteiger partial charge is 0.383 e. The lowest BCUT2D eigenvalue weighted by Crippen LogP contribution is -2.45. The molecule has 9 heteroatoms. The molecule has 34 heavy (non-hydrogen) atoms. The second kappa shape index (κ2) is 8.81. The first kappa shape index (κ1) is 21.2. The summed E-state index contributed by atoms with van der Waals surface area (Å²) in [5, 5.41) is 8.90. The van der Waals surface area contributed by atoms with Gasteiger partial charge in [-0.15, -0.1) is 11.3 Å². The van der Waals surface area contributed by atoms with Crippen molar-refractivity contribution >= 4 is 33.3 Å². The van der Waals surface area contributed by atoms with Gasteiger partial charge in [0.25, 0.3) is 0 Å². The fourth-order valence-corrected chi connectivity index (χ4v) is 5.91. The highest BCUT2D eigenvalue weighted by molar-refractivity contribution is 7.21. The van der Waals surface area contributed by atoms with Crippen LogP contribution in [0.5, 0.6) is 0 Å². The summed E-state index contributed by atoms with van der Waals surface area (Å²) >= 11 is 1.61. The number of carbonyl (C=O) groups excluding carboxylic acids is 1. The van der Waals surface area contributed by atoms with Crippen molar-refractivity contribution in [1.29, 1.82) is 0 Å². The first-order chi connectivity index (χ1) is 16.7. The Labute approximate surface area is 201 Å². The fraction of sp³-hybridized carbons (Fsp3) is 0.360. The number of pyridine rings is 1. The van der Waals surface area contributed by atoms with E-state index in [1.165, 1.54) is 6.42 Å². The molecule has 2 aliphatic rings. The predicted molar refractivity (Wildman–Crippen MR) is 134 cm³/mol. The van der Waals surface area contributed by atoms with E-state index in [2.05, 4.69) is 21.5 Å². The van der Waals surface area contributed by atoms with Crippen LogP contribution in [0.3, 0.4) is 0 Å². The molecule has 0 spiro atoms. The van der Waals surface area contributed by atoms with Gasteiger partial charge in [0.05, 0.1) is 34.1 Å². The van der Waals surface area contributed by atoms with E-state index in [9.17, 15) is 4.79 Å². The maximum absolute atomic E-state index is 12.9. The SMILES string of the molecule is Nc1ncc(-c2cnn([C@@H]3CN[C@H](C(=O)N4CCCCC4)C3)c2)cc1-c1nc2ccccc2s1. The number of rotatable bonds is 4. The Bertz CT molecular complexity index is 1310. The van der Waals surface area contributed by atoms with Crippen LogP contribution in [-0.2, 0) is 4.79 Å². The minimum absolute atomic E-state index is 0.125. The molecule has 174 valence electrons. The lowest BCUT2D eigenvalue weighted by molar-refractivity contribution is -0.134. The van der Waals surface area contributed by atoms with Crippen LogP contribution >= 0.6 is 11.3 Å². The maximum atomic E-state index is 12.9. The molecule has 2 saturated heterocycles. The van der Waals surface area contributed by atoms with Gasteiger partial charge in [-0.3, -0.25) is 9.48 Å². The number of hydrogen-bond acceptors (Lipinski definition) is 7. The average molecular weight is 474 g/mol.